The Morgan fingerprint density at radius 2 is 1.56 bits per heavy atom. The van der Waals surface area contributed by atoms with Crippen LogP contribution in [-0.2, 0) is 0 Å². The molecule has 0 aromatic carbocycles. The van der Waals surface area contributed by atoms with Gasteiger partial charge in [0.25, 0.3) is 0 Å². The maximum absolute atomic E-state index is 11.0. The molecule has 0 radical (unpaired) electrons. The van der Waals surface area contributed by atoms with Crippen LogP contribution in [0.2, 0.25) is 0 Å². The summed E-state index contributed by atoms with van der Waals surface area (Å²) in [6, 6.07) is 0. The van der Waals surface area contributed by atoms with E-state index < -0.39 is 0 Å². The Labute approximate surface area is 113 Å². The second kappa shape index (κ2) is 5.53. The van der Waals surface area contributed by atoms with Crippen LogP contribution in [0.15, 0.2) is 0 Å². The van der Waals surface area contributed by atoms with E-state index in [1.807, 2.05) is 0 Å². The van der Waals surface area contributed by atoms with Crippen LogP contribution in [0.3, 0.4) is 0 Å². The van der Waals surface area contributed by atoms with Crippen molar-refractivity contribution in [3.63, 3.8) is 0 Å². The zero-order valence-electron chi connectivity index (χ0n) is 12.7. The van der Waals surface area contributed by atoms with Gasteiger partial charge in [-0.1, -0.05) is 46.5 Å². The fourth-order valence-electron chi connectivity index (χ4n) is 4.24. The van der Waals surface area contributed by atoms with Crippen LogP contribution in [0.5, 0.6) is 0 Å². The van der Waals surface area contributed by atoms with Crippen molar-refractivity contribution in [2.24, 2.45) is 17.3 Å². The molecule has 0 aliphatic heterocycles. The van der Waals surface area contributed by atoms with E-state index in [4.69, 9.17) is 0 Å². The monoisotopic (exact) mass is 252 g/mol. The Bertz CT molecular complexity index is 255. The molecule has 2 saturated carbocycles. The summed E-state index contributed by atoms with van der Waals surface area (Å²) in [4.78, 5) is 0. The third-order valence-electron chi connectivity index (χ3n) is 6.23. The van der Waals surface area contributed by atoms with Crippen molar-refractivity contribution < 1.29 is 5.11 Å². The zero-order chi connectivity index (χ0) is 13.2. The van der Waals surface area contributed by atoms with Gasteiger partial charge in [0.1, 0.15) is 0 Å². The van der Waals surface area contributed by atoms with Crippen LogP contribution in [0.1, 0.15) is 85.0 Å². The number of hydrogen-bond acceptors (Lipinski definition) is 1. The van der Waals surface area contributed by atoms with Gasteiger partial charge in [-0.05, 0) is 55.8 Å². The fourth-order valence-corrected chi connectivity index (χ4v) is 4.24. The third-order valence-corrected chi connectivity index (χ3v) is 6.23. The van der Waals surface area contributed by atoms with Gasteiger partial charge in [-0.25, -0.2) is 0 Å². The molecule has 1 N–H and O–H groups in total. The summed E-state index contributed by atoms with van der Waals surface area (Å²) in [5.74, 6) is 1.43. The summed E-state index contributed by atoms with van der Waals surface area (Å²) in [5.41, 5.74) is 0.161. The van der Waals surface area contributed by atoms with Crippen molar-refractivity contribution in [3.05, 3.63) is 0 Å². The first-order valence-corrected chi connectivity index (χ1v) is 8.20. The van der Waals surface area contributed by atoms with E-state index in [1.165, 1.54) is 51.4 Å². The van der Waals surface area contributed by atoms with E-state index in [0.29, 0.717) is 11.3 Å². The summed E-state index contributed by atoms with van der Waals surface area (Å²) in [6.45, 7) is 7.12. The fraction of sp³-hybridized carbons (Fsp3) is 1.00. The number of hydrogen-bond donors (Lipinski definition) is 1. The minimum atomic E-state index is -0.305. The van der Waals surface area contributed by atoms with E-state index >= 15 is 0 Å². The molecule has 1 nitrogen and oxygen atoms in total. The van der Waals surface area contributed by atoms with Crippen molar-refractivity contribution in [1.82, 2.24) is 0 Å². The van der Waals surface area contributed by atoms with E-state index in [9.17, 15) is 5.11 Å². The van der Waals surface area contributed by atoms with Crippen LogP contribution in [0.4, 0.5) is 0 Å². The molecule has 2 fully saturated rings. The van der Waals surface area contributed by atoms with Crippen LogP contribution < -0.4 is 0 Å². The topological polar surface area (TPSA) is 20.2 Å². The van der Waals surface area contributed by atoms with Gasteiger partial charge in [0.15, 0.2) is 0 Å². The van der Waals surface area contributed by atoms with Crippen molar-refractivity contribution in [3.8, 4) is 0 Å². The highest BCUT2D eigenvalue weighted by atomic mass is 16.3. The Balaban J connectivity index is 1.92. The maximum Gasteiger partial charge on any atom is 0.0676 e. The van der Waals surface area contributed by atoms with Gasteiger partial charge in [0.05, 0.1) is 5.60 Å². The molecule has 0 aromatic heterocycles. The highest BCUT2D eigenvalue weighted by Gasteiger charge is 2.42. The summed E-state index contributed by atoms with van der Waals surface area (Å²) in [5, 5.41) is 11.0. The molecule has 1 heteroatoms. The predicted molar refractivity (Wildman–Crippen MR) is 77.6 cm³/mol. The van der Waals surface area contributed by atoms with Crippen LogP contribution in [-0.4, -0.2) is 10.7 Å². The highest BCUT2D eigenvalue weighted by molar-refractivity contribution is 4.94. The Morgan fingerprint density at radius 3 is 2.06 bits per heavy atom. The molecule has 0 amide bonds. The van der Waals surface area contributed by atoms with Gasteiger partial charge < -0.3 is 5.11 Å². The highest BCUT2D eigenvalue weighted by Crippen LogP contribution is 2.48. The summed E-state index contributed by atoms with van der Waals surface area (Å²) >= 11 is 0. The first-order valence-electron chi connectivity index (χ1n) is 8.20. The third kappa shape index (κ3) is 2.92. The van der Waals surface area contributed by atoms with Gasteiger partial charge in [0, 0.05) is 0 Å². The van der Waals surface area contributed by atoms with Crippen LogP contribution >= 0.6 is 0 Å². The lowest BCUT2D eigenvalue weighted by molar-refractivity contribution is -0.0815. The van der Waals surface area contributed by atoms with Gasteiger partial charge >= 0.3 is 0 Å². The standard InChI is InChI=1S/C17H32O/c1-4-16(2,3)14-10-12-17(18,13-11-14)15-8-6-5-7-9-15/h14-15,18H,4-13H2,1-3H3. The average Bonchev–Trinajstić information content (AvgIpc) is 2.40. The predicted octanol–water partition coefficient (Wildman–Crippen LogP) is 4.92. The van der Waals surface area contributed by atoms with Crippen molar-refractivity contribution in [1.29, 1.82) is 0 Å². The molecule has 0 spiro atoms. The van der Waals surface area contributed by atoms with Crippen LogP contribution in [0.25, 0.3) is 0 Å². The molecule has 0 heterocycles. The normalized spacial score (nSPS) is 35.7. The van der Waals surface area contributed by atoms with E-state index in [2.05, 4.69) is 20.8 Å². The largest absolute Gasteiger partial charge is 0.390 e. The van der Waals surface area contributed by atoms with E-state index in [1.54, 1.807) is 0 Å². The van der Waals surface area contributed by atoms with E-state index in [-0.39, 0.29) is 5.60 Å². The van der Waals surface area contributed by atoms with Gasteiger partial charge in [0.2, 0.25) is 0 Å². The lowest BCUT2D eigenvalue weighted by Crippen LogP contribution is -2.44. The molecule has 0 unspecified atom stereocenters. The van der Waals surface area contributed by atoms with Gasteiger partial charge in [-0.3, -0.25) is 0 Å². The Hall–Kier alpha value is -0.0400. The quantitative estimate of drug-likeness (QED) is 0.755. The molecule has 0 aromatic rings. The molecule has 2 aliphatic carbocycles. The zero-order valence-corrected chi connectivity index (χ0v) is 12.7. The molecule has 2 rings (SSSR count). The molecular weight excluding hydrogens is 220 g/mol. The van der Waals surface area contributed by atoms with Crippen molar-refractivity contribution >= 4 is 0 Å². The molecule has 18 heavy (non-hydrogen) atoms. The molecule has 106 valence electrons. The lowest BCUT2D eigenvalue weighted by atomic mass is 9.62. The second-order valence-electron chi connectivity index (χ2n) is 7.55. The van der Waals surface area contributed by atoms with E-state index in [0.717, 1.165) is 18.8 Å². The van der Waals surface area contributed by atoms with Gasteiger partial charge in [-0.15, -0.1) is 0 Å². The van der Waals surface area contributed by atoms with Crippen LogP contribution in [0, 0.1) is 17.3 Å². The minimum absolute atomic E-state index is 0.305. The van der Waals surface area contributed by atoms with Crippen molar-refractivity contribution in [2.45, 2.75) is 90.6 Å². The van der Waals surface area contributed by atoms with Gasteiger partial charge in [-0.2, -0.15) is 0 Å². The second-order valence-corrected chi connectivity index (χ2v) is 7.55. The number of rotatable bonds is 3. The smallest absolute Gasteiger partial charge is 0.0676 e. The minimum Gasteiger partial charge on any atom is -0.390 e. The number of aliphatic hydroxyl groups is 1. The first-order chi connectivity index (χ1) is 8.48. The molecular formula is C17H32O. The Kier molecular flexibility index (Phi) is 4.41. The van der Waals surface area contributed by atoms with Crippen molar-refractivity contribution in [2.75, 3.05) is 0 Å². The average molecular weight is 252 g/mol. The lowest BCUT2D eigenvalue weighted by Gasteiger charge is -2.46. The summed E-state index contributed by atoms with van der Waals surface area (Å²) in [7, 11) is 0. The molecule has 2 aliphatic rings. The summed E-state index contributed by atoms with van der Waals surface area (Å²) < 4.78 is 0. The molecule has 0 atom stereocenters. The maximum atomic E-state index is 11.0. The summed E-state index contributed by atoms with van der Waals surface area (Å²) in [6.07, 6.45) is 12.5. The Morgan fingerprint density at radius 1 is 1.00 bits per heavy atom. The molecule has 0 saturated heterocycles. The first kappa shape index (κ1) is 14.4. The molecule has 0 bridgehead atoms. The SMILES string of the molecule is CCC(C)(C)C1CCC(O)(C2CCCCC2)CC1.